The van der Waals surface area contributed by atoms with Gasteiger partial charge < -0.3 is 24.6 Å². The molecule has 9 nitrogen and oxygen atoms in total. The number of benzene rings is 4. The van der Waals surface area contributed by atoms with Crippen LogP contribution in [0, 0.1) is 0 Å². The Morgan fingerprint density at radius 1 is 0.886 bits per heavy atom. The Morgan fingerprint density at radius 3 is 2.18 bits per heavy atom. The van der Waals surface area contributed by atoms with E-state index in [4.69, 9.17) is 14.2 Å². The quantitative estimate of drug-likeness (QED) is 0.148. The molecule has 0 bridgehead atoms. The van der Waals surface area contributed by atoms with Crippen molar-refractivity contribution in [3.8, 4) is 22.6 Å². The number of nitrogens with one attached hydrogen (secondary N) is 2. The van der Waals surface area contributed by atoms with Crippen LogP contribution in [0.4, 0.5) is 5.69 Å². The Morgan fingerprint density at radius 2 is 1.55 bits per heavy atom. The number of hydrogen-bond donors (Lipinski definition) is 3. The third-order valence-electron chi connectivity index (χ3n) is 6.66. The minimum atomic E-state index is -3.57. The molecule has 4 aromatic rings. The van der Waals surface area contributed by atoms with Crippen LogP contribution in [0.3, 0.4) is 0 Å². The summed E-state index contributed by atoms with van der Waals surface area (Å²) in [6.07, 6.45) is 0.175. The zero-order valence-electron chi connectivity index (χ0n) is 25.0. The Labute approximate surface area is 258 Å². The highest BCUT2D eigenvalue weighted by Crippen LogP contribution is 2.30. The average Bonchev–Trinajstić information content (AvgIpc) is 3.02. The van der Waals surface area contributed by atoms with Crippen LogP contribution >= 0.6 is 0 Å². The lowest BCUT2D eigenvalue weighted by atomic mass is 10.0. The van der Waals surface area contributed by atoms with Crippen LogP contribution < -0.4 is 19.5 Å². The number of aliphatic hydroxyl groups excluding tert-OH is 1. The number of sulfonamides is 1. The van der Waals surface area contributed by atoms with E-state index >= 15 is 0 Å². The third-order valence-corrected chi connectivity index (χ3v) is 7.25. The van der Waals surface area contributed by atoms with Crippen LogP contribution in [0.5, 0.6) is 11.5 Å². The number of ether oxygens (including phenoxy) is 3. The molecule has 232 valence electrons. The van der Waals surface area contributed by atoms with E-state index in [1.165, 1.54) is 0 Å². The predicted octanol–water partition coefficient (Wildman–Crippen LogP) is 5.57. The van der Waals surface area contributed by atoms with Crippen LogP contribution in [-0.4, -0.2) is 51.5 Å². The maximum absolute atomic E-state index is 12.0. The molecule has 10 heteroatoms. The van der Waals surface area contributed by atoms with Crippen LogP contribution in [0.1, 0.15) is 41.4 Å². The van der Waals surface area contributed by atoms with Crippen molar-refractivity contribution in [3.63, 3.8) is 0 Å². The molecule has 0 aliphatic heterocycles. The fourth-order valence-electron chi connectivity index (χ4n) is 4.36. The Hall–Kier alpha value is -4.38. The summed E-state index contributed by atoms with van der Waals surface area (Å²) in [5, 5.41) is 14.1. The second-order valence-corrected chi connectivity index (χ2v) is 12.1. The maximum Gasteiger partial charge on any atom is 0.338 e. The van der Waals surface area contributed by atoms with Gasteiger partial charge in [0.15, 0.2) is 0 Å². The van der Waals surface area contributed by atoms with E-state index in [0.717, 1.165) is 22.9 Å². The summed E-state index contributed by atoms with van der Waals surface area (Å²) in [5.41, 5.74) is 4.21. The molecule has 0 amide bonds. The molecule has 0 heterocycles. The highest BCUT2D eigenvalue weighted by molar-refractivity contribution is 7.92. The van der Waals surface area contributed by atoms with Gasteiger partial charge in [0.25, 0.3) is 0 Å². The summed E-state index contributed by atoms with van der Waals surface area (Å²) >= 11 is 0. The molecule has 2 atom stereocenters. The zero-order valence-corrected chi connectivity index (χ0v) is 25.8. The summed E-state index contributed by atoms with van der Waals surface area (Å²) in [6.45, 7) is 4.93. The number of aliphatic hydroxyl groups is 1. The van der Waals surface area contributed by atoms with Crippen LogP contribution in [0.2, 0.25) is 0 Å². The van der Waals surface area contributed by atoms with Gasteiger partial charge in [0, 0.05) is 12.6 Å². The van der Waals surface area contributed by atoms with Crippen molar-refractivity contribution in [2.45, 2.75) is 32.6 Å². The molecule has 0 aromatic heterocycles. The highest BCUT2D eigenvalue weighted by atomic mass is 32.2. The number of esters is 1. The smallest absolute Gasteiger partial charge is 0.338 e. The number of carbonyl (C=O) groups excluding carboxylic acids is 1. The van der Waals surface area contributed by atoms with Gasteiger partial charge in [-0.15, -0.1) is 0 Å². The van der Waals surface area contributed by atoms with E-state index in [9.17, 15) is 18.3 Å². The standard InChI is InChI=1S/C34H38N2O7S/c1-4-41-34(38)28-12-10-26(11-13-28)27-14-17-30(18-15-27)42-22-24(2)35-21-32(37)29-16-19-33(31(20-29)36-44(3,39)40)43-23-25-8-6-5-7-9-25/h5-20,24,32,35-37H,4,21-23H2,1-3H3/t24-,32-/m1/s1. The van der Waals surface area contributed by atoms with Gasteiger partial charge in [0.2, 0.25) is 10.0 Å². The minimum absolute atomic E-state index is 0.0816. The minimum Gasteiger partial charge on any atom is -0.492 e. The van der Waals surface area contributed by atoms with E-state index in [2.05, 4.69) is 10.0 Å². The van der Waals surface area contributed by atoms with Crippen molar-refractivity contribution in [3.05, 3.63) is 114 Å². The molecule has 0 aliphatic rings. The monoisotopic (exact) mass is 618 g/mol. The van der Waals surface area contributed by atoms with E-state index < -0.39 is 16.1 Å². The number of carbonyl (C=O) groups is 1. The zero-order chi connectivity index (χ0) is 31.5. The molecule has 0 aliphatic carbocycles. The lowest BCUT2D eigenvalue weighted by Crippen LogP contribution is -2.34. The van der Waals surface area contributed by atoms with Gasteiger partial charge in [0.1, 0.15) is 24.7 Å². The molecular weight excluding hydrogens is 580 g/mol. The van der Waals surface area contributed by atoms with Crippen molar-refractivity contribution in [2.24, 2.45) is 0 Å². The number of rotatable bonds is 15. The van der Waals surface area contributed by atoms with Crippen LogP contribution in [0.25, 0.3) is 11.1 Å². The van der Waals surface area contributed by atoms with Crippen LogP contribution in [-0.2, 0) is 21.4 Å². The fourth-order valence-corrected chi connectivity index (χ4v) is 4.92. The number of anilines is 1. The summed E-state index contributed by atoms with van der Waals surface area (Å²) in [7, 11) is -3.57. The molecule has 44 heavy (non-hydrogen) atoms. The topological polar surface area (TPSA) is 123 Å². The largest absolute Gasteiger partial charge is 0.492 e. The molecule has 0 saturated carbocycles. The van der Waals surface area contributed by atoms with Crippen molar-refractivity contribution in [1.82, 2.24) is 5.32 Å². The highest BCUT2D eigenvalue weighted by Gasteiger charge is 2.16. The first kappa shape index (κ1) is 32.5. The van der Waals surface area contributed by atoms with E-state index in [1.807, 2.05) is 73.7 Å². The molecule has 0 unspecified atom stereocenters. The van der Waals surface area contributed by atoms with Gasteiger partial charge in [0.05, 0.1) is 30.2 Å². The van der Waals surface area contributed by atoms with Gasteiger partial charge in [-0.1, -0.05) is 60.7 Å². The molecule has 3 N–H and O–H groups in total. The normalized spacial score (nSPS) is 12.6. The summed E-state index contributed by atoms with van der Waals surface area (Å²) in [6, 6.07) is 29.3. The SMILES string of the molecule is CCOC(=O)c1ccc(-c2ccc(OC[C@@H](C)NC[C@@H](O)c3ccc(OCc4ccccc4)c(NS(C)(=O)=O)c3)cc2)cc1. The Kier molecular flexibility index (Phi) is 11.4. The number of hydrogen-bond acceptors (Lipinski definition) is 8. The van der Waals surface area contributed by atoms with Gasteiger partial charge in [-0.25, -0.2) is 13.2 Å². The molecule has 4 rings (SSSR count). The molecule has 0 radical (unpaired) electrons. The first-order valence-electron chi connectivity index (χ1n) is 14.3. The van der Waals surface area contributed by atoms with E-state index in [1.54, 1.807) is 37.3 Å². The second kappa shape index (κ2) is 15.4. The second-order valence-electron chi connectivity index (χ2n) is 10.4. The summed E-state index contributed by atoms with van der Waals surface area (Å²) in [5.74, 6) is 0.729. The third kappa shape index (κ3) is 9.84. The molecule has 0 spiro atoms. The van der Waals surface area contributed by atoms with E-state index in [0.29, 0.717) is 35.8 Å². The first-order valence-corrected chi connectivity index (χ1v) is 16.2. The Balaban J connectivity index is 1.29. The van der Waals surface area contributed by atoms with Crippen molar-refractivity contribution >= 4 is 21.7 Å². The summed E-state index contributed by atoms with van der Waals surface area (Å²) in [4.78, 5) is 11.9. The average molecular weight is 619 g/mol. The summed E-state index contributed by atoms with van der Waals surface area (Å²) < 4.78 is 43.3. The molecule has 4 aromatic carbocycles. The van der Waals surface area contributed by atoms with Crippen molar-refractivity contribution < 1.29 is 32.5 Å². The fraction of sp³-hybridized carbons (Fsp3) is 0.265. The van der Waals surface area contributed by atoms with Gasteiger partial charge in [-0.2, -0.15) is 0 Å². The van der Waals surface area contributed by atoms with E-state index in [-0.39, 0.29) is 30.9 Å². The van der Waals surface area contributed by atoms with Crippen molar-refractivity contribution in [1.29, 1.82) is 0 Å². The first-order chi connectivity index (χ1) is 21.1. The predicted molar refractivity (Wildman–Crippen MR) is 171 cm³/mol. The molecular formula is C34H38N2O7S. The lowest BCUT2D eigenvalue weighted by molar-refractivity contribution is 0.0526. The molecule has 0 fully saturated rings. The lowest BCUT2D eigenvalue weighted by Gasteiger charge is -2.20. The van der Waals surface area contributed by atoms with Gasteiger partial charge >= 0.3 is 5.97 Å². The van der Waals surface area contributed by atoms with Gasteiger partial charge in [-0.05, 0) is 72.5 Å². The Bertz CT molecular complexity index is 1610. The van der Waals surface area contributed by atoms with Crippen molar-refractivity contribution in [2.75, 3.05) is 30.7 Å². The van der Waals surface area contributed by atoms with Gasteiger partial charge in [-0.3, -0.25) is 4.72 Å². The molecule has 0 saturated heterocycles. The maximum atomic E-state index is 12.0. The van der Waals surface area contributed by atoms with Crippen LogP contribution in [0.15, 0.2) is 97.1 Å².